The fraction of sp³-hybridized carbons (Fsp3) is 0.353. The third-order valence-electron chi connectivity index (χ3n) is 4.38. The van der Waals surface area contributed by atoms with Crippen LogP contribution < -0.4 is 5.69 Å². The first kappa shape index (κ1) is 14.9. The number of nitrogens with one attached hydrogen (secondary N) is 2. The Morgan fingerprint density at radius 3 is 2.92 bits per heavy atom. The second-order valence-corrected chi connectivity index (χ2v) is 6.04. The zero-order valence-corrected chi connectivity index (χ0v) is 13.2. The largest absolute Gasteiger partial charge is 0.440 e. The molecule has 1 aliphatic heterocycles. The first-order valence-electron chi connectivity index (χ1n) is 8.18. The molecule has 2 N–H and O–H groups in total. The summed E-state index contributed by atoms with van der Waals surface area (Å²) in [4.78, 5) is 20.8. The molecule has 2 aromatic heterocycles. The normalized spacial score (nSPS) is 18.8. The van der Waals surface area contributed by atoms with E-state index in [1.165, 1.54) is 0 Å². The first-order chi connectivity index (χ1) is 11.8. The molecule has 0 saturated carbocycles. The van der Waals surface area contributed by atoms with Gasteiger partial charge in [-0.25, -0.2) is 14.9 Å². The predicted molar refractivity (Wildman–Crippen MR) is 88.1 cm³/mol. The summed E-state index contributed by atoms with van der Waals surface area (Å²) < 4.78 is 5.91. The number of H-pyrrole nitrogens is 2. The van der Waals surface area contributed by atoms with Gasteiger partial charge in [0, 0.05) is 5.56 Å². The topological polar surface area (TPSA) is 90.8 Å². The molecule has 0 aliphatic carbocycles. The molecule has 0 spiro atoms. The average Bonchev–Trinajstić information content (AvgIpc) is 3.25. The molecule has 3 heterocycles. The van der Waals surface area contributed by atoms with Gasteiger partial charge >= 0.3 is 5.69 Å². The number of aromatic amines is 2. The lowest BCUT2D eigenvalue weighted by atomic mass is 10.0. The summed E-state index contributed by atoms with van der Waals surface area (Å²) >= 11 is 0. The van der Waals surface area contributed by atoms with Crippen molar-refractivity contribution in [2.24, 2.45) is 0 Å². The fourth-order valence-electron chi connectivity index (χ4n) is 3.23. The van der Waals surface area contributed by atoms with E-state index in [4.69, 9.17) is 4.42 Å². The molecule has 0 bridgehead atoms. The van der Waals surface area contributed by atoms with Gasteiger partial charge < -0.3 is 4.42 Å². The summed E-state index contributed by atoms with van der Waals surface area (Å²) in [6.07, 6.45) is 5.01. The van der Waals surface area contributed by atoms with Crippen LogP contribution in [0.4, 0.5) is 0 Å². The van der Waals surface area contributed by atoms with Gasteiger partial charge in [0.2, 0.25) is 5.89 Å². The molecule has 7 nitrogen and oxygen atoms in total. The standard InChI is InChI=1S/C17H19N5O2/c23-17-19-15(20-21-17)14-8-4-5-9-22(14)11-13-10-18-16(24-13)12-6-2-1-3-7-12/h1-3,6-7,10,14H,4-5,8-9,11H2,(H2,19,20,21,23). The van der Waals surface area contributed by atoms with Crippen LogP contribution in [0.5, 0.6) is 0 Å². The summed E-state index contributed by atoms with van der Waals surface area (Å²) in [5, 5.41) is 6.56. The highest BCUT2D eigenvalue weighted by Crippen LogP contribution is 2.30. The van der Waals surface area contributed by atoms with E-state index in [9.17, 15) is 4.79 Å². The van der Waals surface area contributed by atoms with E-state index in [0.717, 1.165) is 37.1 Å². The Morgan fingerprint density at radius 2 is 2.12 bits per heavy atom. The Labute approximate surface area is 138 Å². The van der Waals surface area contributed by atoms with Crippen molar-refractivity contribution in [2.75, 3.05) is 6.54 Å². The Kier molecular flexibility index (Phi) is 4.00. The van der Waals surface area contributed by atoms with E-state index < -0.39 is 0 Å². The molecule has 0 radical (unpaired) electrons. The fourth-order valence-corrected chi connectivity index (χ4v) is 3.23. The number of nitrogens with zero attached hydrogens (tertiary/aromatic N) is 3. The van der Waals surface area contributed by atoms with Crippen LogP contribution in [-0.4, -0.2) is 31.6 Å². The highest BCUT2D eigenvalue weighted by molar-refractivity contribution is 5.52. The van der Waals surface area contributed by atoms with Gasteiger partial charge in [-0.05, 0) is 31.5 Å². The zero-order chi connectivity index (χ0) is 16.4. The van der Waals surface area contributed by atoms with Gasteiger partial charge in [-0.15, -0.1) is 0 Å². The van der Waals surface area contributed by atoms with Gasteiger partial charge in [-0.3, -0.25) is 9.88 Å². The van der Waals surface area contributed by atoms with Crippen LogP contribution in [0.1, 0.15) is 36.9 Å². The van der Waals surface area contributed by atoms with Crippen molar-refractivity contribution in [2.45, 2.75) is 31.8 Å². The van der Waals surface area contributed by atoms with Crippen molar-refractivity contribution < 1.29 is 4.42 Å². The van der Waals surface area contributed by atoms with Crippen LogP contribution in [0, 0.1) is 0 Å². The Bertz CT molecular complexity index is 851. The number of rotatable bonds is 4. The minimum Gasteiger partial charge on any atom is -0.440 e. The number of oxazole rings is 1. The molecule has 124 valence electrons. The summed E-state index contributed by atoms with van der Waals surface area (Å²) in [5.74, 6) is 2.15. The molecule has 4 rings (SSSR count). The smallest absolute Gasteiger partial charge is 0.340 e. The second-order valence-electron chi connectivity index (χ2n) is 6.04. The lowest BCUT2D eigenvalue weighted by molar-refractivity contribution is 0.124. The number of hydrogen-bond acceptors (Lipinski definition) is 5. The predicted octanol–water partition coefficient (Wildman–Crippen LogP) is 2.48. The molecule has 3 aromatic rings. The van der Waals surface area contributed by atoms with Crippen LogP contribution in [-0.2, 0) is 6.54 Å². The summed E-state index contributed by atoms with van der Waals surface area (Å²) in [5.41, 5.74) is 0.706. The summed E-state index contributed by atoms with van der Waals surface area (Å²) in [6.45, 7) is 1.60. The third-order valence-corrected chi connectivity index (χ3v) is 4.38. The minimum atomic E-state index is -0.262. The van der Waals surface area contributed by atoms with Crippen molar-refractivity contribution in [3.8, 4) is 11.5 Å². The van der Waals surface area contributed by atoms with Gasteiger partial charge in [0.05, 0.1) is 18.8 Å². The van der Waals surface area contributed by atoms with E-state index in [0.29, 0.717) is 18.3 Å². The average molecular weight is 325 g/mol. The molecule has 1 aromatic carbocycles. The monoisotopic (exact) mass is 325 g/mol. The van der Waals surface area contributed by atoms with Crippen molar-refractivity contribution in [3.05, 3.63) is 58.6 Å². The summed E-state index contributed by atoms with van der Waals surface area (Å²) in [6, 6.07) is 9.96. The van der Waals surface area contributed by atoms with Gasteiger partial charge in [0.15, 0.2) is 0 Å². The lowest BCUT2D eigenvalue weighted by Gasteiger charge is -2.33. The van der Waals surface area contributed by atoms with Crippen LogP contribution in [0.25, 0.3) is 11.5 Å². The van der Waals surface area contributed by atoms with Gasteiger partial charge in [-0.2, -0.15) is 5.10 Å². The molecule has 7 heteroatoms. The van der Waals surface area contributed by atoms with Crippen LogP contribution >= 0.6 is 0 Å². The summed E-state index contributed by atoms with van der Waals surface area (Å²) in [7, 11) is 0. The SMILES string of the molecule is O=c1[nH]nc(C2CCCCN2Cc2cnc(-c3ccccc3)o2)[nH]1. The minimum absolute atomic E-state index is 0.1000. The number of benzene rings is 1. The molecule has 1 unspecified atom stereocenters. The quantitative estimate of drug-likeness (QED) is 0.769. The zero-order valence-electron chi connectivity index (χ0n) is 13.2. The van der Waals surface area contributed by atoms with Crippen LogP contribution in [0.15, 0.2) is 45.7 Å². The molecular weight excluding hydrogens is 306 g/mol. The van der Waals surface area contributed by atoms with E-state index in [1.54, 1.807) is 6.20 Å². The molecule has 1 saturated heterocycles. The van der Waals surface area contributed by atoms with Crippen LogP contribution in [0.2, 0.25) is 0 Å². The number of aromatic nitrogens is 4. The van der Waals surface area contributed by atoms with E-state index in [1.807, 2.05) is 30.3 Å². The molecule has 24 heavy (non-hydrogen) atoms. The van der Waals surface area contributed by atoms with Crippen LogP contribution in [0.3, 0.4) is 0 Å². The van der Waals surface area contributed by atoms with Gasteiger partial charge in [-0.1, -0.05) is 24.6 Å². The molecule has 1 atom stereocenters. The van der Waals surface area contributed by atoms with Gasteiger partial charge in [0.1, 0.15) is 11.6 Å². The first-order valence-corrected chi connectivity index (χ1v) is 8.18. The highest BCUT2D eigenvalue weighted by Gasteiger charge is 2.27. The third kappa shape index (κ3) is 3.03. The Balaban J connectivity index is 1.53. The Hall–Kier alpha value is -2.67. The lowest BCUT2D eigenvalue weighted by Crippen LogP contribution is -2.33. The second kappa shape index (κ2) is 6.45. The maximum atomic E-state index is 11.3. The Morgan fingerprint density at radius 1 is 1.25 bits per heavy atom. The van der Waals surface area contributed by atoms with E-state index >= 15 is 0 Å². The molecular formula is C17H19N5O2. The number of likely N-dealkylation sites (tertiary alicyclic amines) is 1. The molecule has 1 fully saturated rings. The maximum absolute atomic E-state index is 11.3. The van der Waals surface area contributed by atoms with Crippen molar-refractivity contribution in [1.82, 2.24) is 25.1 Å². The van der Waals surface area contributed by atoms with Crippen molar-refractivity contribution in [1.29, 1.82) is 0 Å². The van der Waals surface area contributed by atoms with E-state index in [2.05, 4.69) is 25.1 Å². The van der Waals surface area contributed by atoms with E-state index in [-0.39, 0.29) is 11.7 Å². The van der Waals surface area contributed by atoms with Crippen molar-refractivity contribution >= 4 is 0 Å². The highest BCUT2D eigenvalue weighted by atomic mass is 16.4. The van der Waals surface area contributed by atoms with Crippen molar-refractivity contribution in [3.63, 3.8) is 0 Å². The number of hydrogen-bond donors (Lipinski definition) is 2. The molecule has 0 amide bonds. The maximum Gasteiger partial charge on any atom is 0.340 e. The number of piperidine rings is 1. The molecule has 1 aliphatic rings. The van der Waals surface area contributed by atoms with Gasteiger partial charge in [0.25, 0.3) is 0 Å².